The third kappa shape index (κ3) is 3.10. The van der Waals surface area contributed by atoms with E-state index in [2.05, 4.69) is 0 Å². The minimum absolute atomic E-state index is 0.00950. The lowest BCUT2D eigenvalue weighted by Crippen LogP contribution is -2.43. The van der Waals surface area contributed by atoms with Crippen molar-refractivity contribution in [3.05, 3.63) is 29.3 Å². The van der Waals surface area contributed by atoms with E-state index in [0.717, 1.165) is 5.69 Å². The highest BCUT2D eigenvalue weighted by molar-refractivity contribution is 7.91. The maximum atomic E-state index is 12.1. The molecule has 0 aliphatic carbocycles. The monoisotopic (exact) mass is 387 g/mol. The highest BCUT2D eigenvalue weighted by Crippen LogP contribution is 2.35. The molecule has 2 fully saturated rings. The van der Waals surface area contributed by atoms with Gasteiger partial charge in [-0.25, -0.2) is 8.42 Å². The summed E-state index contributed by atoms with van der Waals surface area (Å²) in [6.07, 6.45) is 0. The average molecular weight is 388 g/mol. The molecule has 2 saturated heterocycles. The van der Waals surface area contributed by atoms with Crippen LogP contribution < -0.4 is 4.90 Å². The van der Waals surface area contributed by atoms with Crippen LogP contribution in [0.2, 0.25) is 5.02 Å². The number of amides is 1. The molecule has 0 aromatic heterocycles. The Morgan fingerprint density at radius 1 is 1.33 bits per heavy atom. The molecule has 0 saturated carbocycles. The Balaban J connectivity index is 1.98. The Morgan fingerprint density at radius 2 is 2.00 bits per heavy atom. The van der Waals surface area contributed by atoms with Crippen LogP contribution in [0.15, 0.2) is 24.3 Å². The van der Waals surface area contributed by atoms with Crippen molar-refractivity contribution in [1.29, 1.82) is 0 Å². The average Bonchev–Trinajstić information content (AvgIpc) is 2.90. The number of hydrogen-bond donors (Lipinski definition) is 0. The van der Waals surface area contributed by atoms with Gasteiger partial charge in [0.15, 0.2) is 14.9 Å². The second-order valence-corrected chi connectivity index (χ2v) is 9.22. The number of carbonyl (C=O) groups excluding carboxylic acids is 1. The van der Waals surface area contributed by atoms with Gasteiger partial charge in [-0.15, -0.1) is 0 Å². The van der Waals surface area contributed by atoms with Crippen LogP contribution in [0.25, 0.3) is 0 Å². The summed E-state index contributed by atoms with van der Waals surface area (Å²) < 4.78 is 24.3. The van der Waals surface area contributed by atoms with Crippen molar-refractivity contribution in [3.63, 3.8) is 0 Å². The Morgan fingerprint density at radius 3 is 2.62 bits per heavy atom. The number of likely N-dealkylation sites (N-methyl/N-ethyl adjacent to an activating group) is 1. The first kappa shape index (κ1) is 17.4. The Kier molecular flexibility index (Phi) is 4.48. The molecule has 130 valence electrons. The SMILES string of the molecule is CN(C)C(=O)CN1C(=S)N(c2cccc(Cl)c2)[C@@H]2CS(=O)(=O)C[C@@H]21. The molecule has 0 bridgehead atoms. The molecule has 2 aliphatic rings. The predicted molar refractivity (Wildman–Crippen MR) is 98.2 cm³/mol. The second-order valence-electron chi connectivity index (χ2n) is 6.26. The molecule has 9 heteroatoms. The number of sulfone groups is 1. The molecule has 24 heavy (non-hydrogen) atoms. The van der Waals surface area contributed by atoms with E-state index in [1.165, 1.54) is 4.90 Å². The van der Waals surface area contributed by atoms with E-state index in [1.807, 2.05) is 11.0 Å². The summed E-state index contributed by atoms with van der Waals surface area (Å²) in [7, 11) is 0.162. The largest absolute Gasteiger partial charge is 0.347 e. The number of halogens is 1. The topological polar surface area (TPSA) is 60.9 Å². The van der Waals surface area contributed by atoms with Gasteiger partial charge in [-0.1, -0.05) is 17.7 Å². The van der Waals surface area contributed by atoms with Gasteiger partial charge < -0.3 is 14.7 Å². The molecule has 1 aromatic rings. The zero-order valence-corrected chi connectivity index (χ0v) is 15.7. The Hall–Kier alpha value is -1.38. The van der Waals surface area contributed by atoms with Gasteiger partial charge in [-0.3, -0.25) is 4.79 Å². The van der Waals surface area contributed by atoms with Crippen molar-refractivity contribution < 1.29 is 13.2 Å². The summed E-state index contributed by atoms with van der Waals surface area (Å²) in [6, 6.07) is 6.54. The first-order valence-corrected chi connectivity index (χ1v) is 10.1. The summed E-state index contributed by atoms with van der Waals surface area (Å²) >= 11 is 11.6. The van der Waals surface area contributed by atoms with Crippen LogP contribution in [0.1, 0.15) is 0 Å². The standard InChI is InChI=1S/C15H18ClN3O3S2/c1-17(2)14(20)7-18-12-8-24(21,22)9-13(12)19(15(18)23)11-5-3-4-10(16)6-11/h3-6,12-13H,7-9H2,1-2H3/t12-,13+/m0/s1. The Bertz CT molecular complexity index is 797. The lowest BCUT2D eigenvalue weighted by atomic mass is 10.1. The number of thiocarbonyl (C=S) groups is 1. The summed E-state index contributed by atoms with van der Waals surface area (Å²) in [4.78, 5) is 17.2. The molecule has 2 aliphatic heterocycles. The van der Waals surface area contributed by atoms with Gasteiger partial charge in [0.2, 0.25) is 5.91 Å². The van der Waals surface area contributed by atoms with Crippen LogP contribution in [0.5, 0.6) is 0 Å². The van der Waals surface area contributed by atoms with E-state index >= 15 is 0 Å². The first-order chi connectivity index (χ1) is 11.2. The van der Waals surface area contributed by atoms with Crippen molar-refractivity contribution in [2.75, 3.05) is 37.0 Å². The van der Waals surface area contributed by atoms with E-state index in [0.29, 0.717) is 10.1 Å². The highest BCUT2D eigenvalue weighted by Gasteiger charge is 2.52. The maximum absolute atomic E-state index is 12.1. The van der Waals surface area contributed by atoms with E-state index in [4.69, 9.17) is 23.8 Å². The van der Waals surface area contributed by atoms with Crippen LogP contribution in [-0.4, -0.2) is 73.5 Å². The molecule has 3 rings (SSSR count). The van der Waals surface area contributed by atoms with E-state index in [1.54, 1.807) is 37.2 Å². The molecule has 0 radical (unpaired) electrons. The number of carbonyl (C=O) groups is 1. The van der Waals surface area contributed by atoms with Crippen LogP contribution in [0.4, 0.5) is 5.69 Å². The summed E-state index contributed by atoms with van der Waals surface area (Å²) in [5, 5.41) is 1.02. The number of benzene rings is 1. The van der Waals surface area contributed by atoms with Crippen molar-refractivity contribution in [2.24, 2.45) is 0 Å². The third-order valence-corrected chi connectivity index (χ3v) is 6.73. The quantitative estimate of drug-likeness (QED) is 0.721. The zero-order chi connectivity index (χ0) is 17.6. The molecule has 1 aromatic carbocycles. The number of rotatable bonds is 3. The summed E-state index contributed by atoms with van der Waals surface area (Å²) in [6.45, 7) is 0.0690. The fraction of sp³-hybridized carbons (Fsp3) is 0.467. The van der Waals surface area contributed by atoms with Crippen LogP contribution in [0.3, 0.4) is 0 Å². The van der Waals surface area contributed by atoms with E-state index in [-0.39, 0.29) is 36.0 Å². The van der Waals surface area contributed by atoms with Gasteiger partial charge in [-0.05, 0) is 30.4 Å². The minimum atomic E-state index is -3.17. The first-order valence-electron chi connectivity index (χ1n) is 7.45. The van der Waals surface area contributed by atoms with Crippen molar-refractivity contribution >= 4 is 50.4 Å². The Labute approximate surface area is 151 Å². The molecule has 2 heterocycles. The number of anilines is 1. The third-order valence-electron chi connectivity index (χ3n) is 4.37. The minimum Gasteiger partial charge on any atom is -0.347 e. The summed E-state index contributed by atoms with van der Waals surface area (Å²) in [5.74, 6) is -0.0830. The van der Waals surface area contributed by atoms with Crippen LogP contribution in [0, 0.1) is 0 Å². The lowest BCUT2D eigenvalue weighted by Gasteiger charge is -2.26. The smallest absolute Gasteiger partial charge is 0.241 e. The highest BCUT2D eigenvalue weighted by atomic mass is 35.5. The molecule has 0 N–H and O–H groups in total. The fourth-order valence-corrected chi connectivity index (χ4v) is 5.75. The molecular weight excluding hydrogens is 370 g/mol. The molecule has 1 amide bonds. The van der Waals surface area contributed by atoms with Crippen molar-refractivity contribution in [3.8, 4) is 0 Å². The normalized spacial score (nSPS) is 25.0. The van der Waals surface area contributed by atoms with Gasteiger partial charge in [-0.2, -0.15) is 0 Å². The van der Waals surface area contributed by atoms with E-state index < -0.39 is 9.84 Å². The van der Waals surface area contributed by atoms with Gasteiger partial charge in [0.25, 0.3) is 0 Å². The number of fused-ring (bicyclic) bond motifs is 1. The number of hydrogen-bond acceptors (Lipinski definition) is 4. The molecule has 0 unspecified atom stereocenters. The predicted octanol–water partition coefficient (Wildman–Crippen LogP) is 1.00. The van der Waals surface area contributed by atoms with Gasteiger partial charge in [0.05, 0.1) is 30.1 Å². The van der Waals surface area contributed by atoms with Gasteiger partial charge in [0.1, 0.15) is 0 Å². The maximum Gasteiger partial charge on any atom is 0.241 e. The number of nitrogens with zero attached hydrogens (tertiary/aromatic N) is 3. The van der Waals surface area contributed by atoms with E-state index in [9.17, 15) is 13.2 Å². The molecule has 2 atom stereocenters. The zero-order valence-electron chi connectivity index (χ0n) is 13.3. The van der Waals surface area contributed by atoms with Gasteiger partial charge >= 0.3 is 0 Å². The second kappa shape index (κ2) is 6.16. The van der Waals surface area contributed by atoms with Crippen molar-refractivity contribution in [2.45, 2.75) is 12.1 Å². The lowest BCUT2D eigenvalue weighted by molar-refractivity contribution is -0.129. The fourth-order valence-electron chi connectivity index (χ4n) is 3.18. The molecular formula is C15H18ClN3O3S2. The van der Waals surface area contributed by atoms with Crippen LogP contribution >= 0.6 is 23.8 Å². The molecule has 6 nitrogen and oxygen atoms in total. The molecule has 0 spiro atoms. The van der Waals surface area contributed by atoms with Gasteiger partial charge in [0, 0.05) is 24.8 Å². The van der Waals surface area contributed by atoms with Crippen LogP contribution in [-0.2, 0) is 14.6 Å². The summed E-state index contributed by atoms with van der Waals surface area (Å²) in [5.41, 5.74) is 0.749. The van der Waals surface area contributed by atoms with Crippen molar-refractivity contribution in [1.82, 2.24) is 9.80 Å².